The number of nitrogens with two attached hydrogens (primary N) is 2. The molecule has 2 aromatic carbocycles. The van der Waals surface area contributed by atoms with Crippen LogP contribution in [0.2, 0.25) is 0 Å². The molecule has 1 aliphatic rings. The summed E-state index contributed by atoms with van der Waals surface area (Å²) in [7, 11) is 0. The van der Waals surface area contributed by atoms with Crippen LogP contribution in [0.1, 0.15) is 10.4 Å². The van der Waals surface area contributed by atoms with Crippen molar-refractivity contribution >= 4 is 23.0 Å². The Morgan fingerprint density at radius 3 is 2.17 bits per heavy atom. The third-order valence-electron chi connectivity index (χ3n) is 4.10. The number of rotatable bonds is 3. The molecule has 0 saturated carbocycles. The van der Waals surface area contributed by atoms with Crippen LogP contribution < -0.4 is 21.3 Å². The van der Waals surface area contributed by atoms with Crippen molar-refractivity contribution in [2.75, 3.05) is 41.7 Å². The number of piperazine rings is 1. The van der Waals surface area contributed by atoms with Gasteiger partial charge in [-0.25, -0.2) is 4.39 Å². The van der Waals surface area contributed by atoms with E-state index in [1.807, 2.05) is 6.07 Å². The average Bonchev–Trinajstić information content (AvgIpc) is 2.56. The van der Waals surface area contributed by atoms with E-state index in [4.69, 9.17) is 11.5 Å². The van der Waals surface area contributed by atoms with Crippen LogP contribution in [0.3, 0.4) is 0 Å². The topological polar surface area (TPSA) is 75.6 Å². The predicted octanol–water partition coefficient (Wildman–Crippen LogP) is 1.83. The molecule has 120 valence electrons. The number of benzene rings is 2. The fraction of sp³-hybridized carbons (Fsp3) is 0.235. The van der Waals surface area contributed by atoms with Crippen LogP contribution in [0.25, 0.3) is 0 Å². The van der Waals surface area contributed by atoms with Crippen LogP contribution in [0.5, 0.6) is 0 Å². The number of halogens is 1. The van der Waals surface area contributed by atoms with Crippen molar-refractivity contribution in [2.24, 2.45) is 5.73 Å². The Balaban J connectivity index is 1.74. The third-order valence-corrected chi connectivity index (χ3v) is 4.10. The molecule has 0 radical (unpaired) electrons. The zero-order chi connectivity index (χ0) is 16.4. The molecule has 0 spiro atoms. The smallest absolute Gasteiger partial charge is 0.250 e. The van der Waals surface area contributed by atoms with Gasteiger partial charge in [0.25, 0.3) is 5.91 Å². The SMILES string of the molecule is NC(=O)c1cc(N)ccc1N1CCN(c2ccc(F)cc2)CC1. The molecule has 1 fully saturated rings. The number of amides is 1. The summed E-state index contributed by atoms with van der Waals surface area (Å²) in [5.41, 5.74) is 14.0. The van der Waals surface area contributed by atoms with Crippen molar-refractivity contribution in [3.63, 3.8) is 0 Å². The predicted molar refractivity (Wildman–Crippen MR) is 90.2 cm³/mol. The molecule has 0 aliphatic carbocycles. The molecule has 6 heteroatoms. The van der Waals surface area contributed by atoms with Gasteiger partial charge in [-0.05, 0) is 42.5 Å². The van der Waals surface area contributed by atoms with Gasteiger partial charge in [0.1, 0.15) is 5.82 Å². The maximum absolute atomic E-state index is 13.0. The summed E-state index contributed by atoms with van der Waals surface area (Å²) in [6.07, 6.45) is 0. The van der Waals surface area contributed by atoms with Gasteiger partial charge in [0, 0.05) is 43.2 Å². The molecule has 0 atom stereocenters. The van der Waals surface area contributed by atoms with Crippen LogP contribution in [0, 0.1) is 5.82 Å². The highest BCUT2D eigenvalue weighted by molar-refractivity contribution is 5.99. The Hall–Kier alpha value is -2.76. The van der Waals surface area contributed by atoms with Crippen molar-refractivity contribution in [1.29, 1.82) is 0 Å². The maximum atomic E-state index is 13.0. The minimum atomic E-state index is -0.478. The van der Waals surface area contributed by atoms with Gasteiger partial charge >= 0.3 is 0 Å². The average molecular weight is 314 g/mol. The lowest BCUT2D eigenvalue weighted by atomic mass is 10.1. The zero-order valence-corrected chi connectivity index (χ0v) is 12.7. The van der Waals surface area contributed by atoms with Crippen molar-refractivity contribution in [1.82, 2.24) is 0 Å². The van der Waals surface area contributed by atoms with Crippen LogP contribution in [0.15, 0.2) is 42.5 Å². The molecule has 0 aromatic heterocycles. The summed E-state index contributed by atoms with van der Waals surface area (Å²) < 4.78 is 13.0. The van der Waals surface area contributed by atoms with Gasteiger partial charge < -0.3 is 21.3 Å². The summed E-state index contributed by atoms with van der Waals surface area (Å²) in [4.78, 5) is 15.9. The van der Waals surface area contributed by atoms with Gasteiger partial charge in [-0.3, -0.25) is 4.79 Å². The van der Waals surface area contributed by atoms with Gasteiger partial charge in [0.2, 0.25) is 0 Å². The van der Waals surface area contributed by atoms with E-state index in [-0.39, 0.29) is 5.82 Å². The monoisotopic (exact) mass is 314 g/mol. The summed E-state index contributed by atoms with van der Waals surface area (Å²) in [6, 6.07) is 11.7. The Kier molecular flexibility index (Phi) is 4.06. The normalized spacial score (nSPS) is 14.8. The van der Waals surface area contributed by atoms with E-state index in [1.165, 1.54) is 12.1 Å². The van der Waals surface area contributed by atoms with E-state index in [1.54, 1.807) is 24.3 Å². The number of nitrogens with zero attached hydrogens (tertiary/aromatic N) is 2. The zero-order valence-electron chi connectivity index (χ0n) is 12.7. The first-order valence-electron chi connectivity index (χ1n) is 7.49. The minimum absolute atomic E-state index is 0.236. The number of hydrogen-bond acceptors (Lipinski definition) is 4. The highest BCUT2D eigenvalue weighted by Crippen LogP contribution is 2.25. The second kappa shape index (κ2) is 6.16. The van der Waals surface area contributed by atoms with E-state index < -0.39 is 5.91 Å². The molecule has 23 heavy (non-hydrogen) atoms. The second-order valence-electron chi connectivity index (χ2n) is 5.59. The Bertz CT molecular complexity index is 709. The van der Waals surface area contributed by atoms with Crippen LogP contribution in [-0.2, 0) is 0 Å². The minimum Gasteiger partial charge on any atom is -0.399 e. The molecule has 1 aliphatic heterocycles. The van der Waals surface area contributed by atoms with E-state index in [0.29, 0.717) is 11.3 Å². The van der Waals surface area contributed by atoms with Gasteiger partial charge in [-0.1, -0.05) is 0 Å². The lowest BCUT2D eigenvalue weighted by molar-refractivity contribution is 0.100. The largest absolute Gasteiger partial charge is 0.399 e. The second-order valence-corrected chi connectivity index (χ2v) is 5.59. The van der Waals surface area contributed by atoms with Crippen LogP contribution >= 0.6 is 0 Å². The molecule has 1 amide bonds. The molecule has 3 rings (SSSR count). The van der Waals surface area contributed by atoms with Gasteiger partial charge in [-0.2, -0.15) is 0 Å². The van der Waals surface area contributed by atoms with Gasteiger partial charge in [-0.15, -0.1) is 0 Å². The standard InChI is InChI=1S/C17H19FN4O/c18-12-1-4-14(5-2-12)21-7-9-22(10-8-21)16-6-3-13(19)11-15(16)17(20)23/h1-6,11H,7-10,19H2,(H2,20,23). The lowest BCUT2D eigenvalue weighted by Gasteiger charge is -2.38. The first-order chi connectivity index (χ1) is 11.0. The molecule has 1 saturated heterocycles. The van der Waals surface area contributed by atoms with Crippen LogP contribution in [0.4, 0.5) is 21.5 Å². The summed E-state index contributed by atoms with van der Waals surface area (Å²) >= 11 is 0. The van der Waals surface area contributed by atoms with Gasteiger partial charge in [0.05, 0.1) is 5.56 Å². The molecule has 5 nitrogen and oxygen atoms in total. The number of hydrogen-bond donors (Lipinski definition) is 2. The Morgan fingerprint density at radius 1 is 0.957 bits per heavy atom. The first-order valence-corrected chi connectivity index (χ1v) is 7.49. The van der Waals surface area contributed by atoms with E-state index in [0.717, 1.165) is 37.6 Å². The van der Waals surface area contributed by atoms with Crippen molar-refractivity contribution in [3.8, 4) is 0 Å². The van der Waals surface area contributed by atoms with Crippen molar-refractivity contribution < 1.29 is 9.18 Å². The number of nitrogen functional groups attached to an aromatic ring is 1. The lowest BCUT2D eigenvalue weighted by Crippen LogP contribution is -2.47. The highest BCUT2D eigenvalue weighted by atomic mass is 19.1. The first kappa shape index (κ1) is 15.1. The Morgan fingerprint density at radius 2 is 1.57 bits per heavy atom. The molecule has 0 unspecified atom stereocenters. The van der Waals surface area contributed by atoms with Crippen molar-refractivity contribution in [2.45, 2.75) is 0 Å². The summed E-state index contributed by atoms with van der Waals surface area (Å²) in [6.45, 7) is 3.07. The third kappa shape index (κ3) is 3.21. The molecule has 1 heterocycles. The Labute approximate surface area is 134 Å². The van der Waals surface area contributed by atoms with Gasteiger partial charge in [0.15, 0.2) is 0 Å². The van der Waals surface area contributed by atoms with E-state index in [9.17, 15) is 9.18 Å². The maximum Gasteiger partial charge on any atom is 0.250 e. The number of carbonyl (C=O) groups is 1. The van der Waals surface area contributed by atoms with Crippen LogP contribution in [-0.4, -0.2) is 32.1 Å². The highest BCUT2D eigenvalue weighted by Gasteiger charge is 2.21. The fourth-order valence-electron chi connectivity index (χ4n) is 2.88. The van der Waals surface area contributed by atoms with E-state index in [2.05, 4.69) is 9.80 Å². The quantitative estimate of drug-likeness (QED) is 0.848. The summed E-state index contributed by atoms with van der Waals surface area (Å²) in [5, 5.41) is 0. The molecule has 0 bridgehead atoms. The summed E-state index contributed by atoms with van der Waals surface area (Å²) in [5.74, 6) is -0.714. The molecule has 4 N–H and O–H groups in total. The number of anilines is 3. The molecular formula is C17H19FN4O. The fourth-order valence-corrected chi connectivity index (χ4v) is 2.88. The number of carbonyl (C=O) groups excluding carboxylic acids is 1. The molecular weight excluding hydrogens is 295 g/mol. The van der Waals surface area contributed by atoms with Crippen molar-refractivity contribution in [3.05, 3.63) is 53.8 Å². The number of primary amides is 1. The van der Waals surface area contributed by atoms with E-state index >= 15 is 0 Å². The molecule has 2 aromatic rings.